The first kappa shape index (κ1) is 11.0. The highest BCUT2D eigenvalue weighted by Gasteiger charge is 2.22. The smallest absolute Gasteiger partial charge is 0.0598 e. The van der Waals surface area contributed by atoms with Gasteiger partial charge in [-0.2, -0.15) is 0 Å². The minimum atomic E-state index is -0.0812. The molecule has 13 heavy (non-hydrogen) atoms. The molecule has 0 bridgehead atoms. The standard InChI is InChI=1S/C11H22O2/c1-11(2,3)13-8-9-5-4-6-10(12)7-9/h9-10,12H,4-8H2,1-3H3. The lowest BCUT2D eigenvalue weighted by Gasteiger charge is -2.29. The van der Waals surface area contributed by atoms with E-state index in [4.69, 9.17) is 4.74 Å². The van der Waals surface area contributed by atoms with E-state index in [-0.39, 0.29) is 11.7 Å². The third kappa shape index (κ3) is 4.63. The topological polar surface area (TPSA) is 29.5 Å². The van der Waals surface area contributed by atoms with Gasteiger partial charge in [0, 0.05) is 0 Å². The van der Waals surface area contributed by atoms with Gasteiger partial charge in [0.05, 0.1) is 18.3 Å². The fraction of sp³-hybridized carbons (Fsp3) is 1.00. The normalized spacial score (nSPS) is 30.5. The highest BCUT2D eigenvalue weighted by atomic mass is 16.5. The Morgan fingerprint density at radius 2 is 2.00 bits per heavy atom. The second kappa shape index (κ2) is 4.43. The lowest BCUT2D eigenvalue weighted by Crippen LogP contribution is -2.28. The van der Waals surface area contributed by atoms with Crippen LogP contribution in [0.2, 0.25) is 0 Å². The maximum atomic E-state index is 9.45. The molecular formula is C11H22O2. The summed E-state index contributed by atoms with van der Waals surface area (Å²) in [6, 6.07) is 0. The molecule has 1 rings (SSSR count). The van der Waals surface area contributed by atoms with E-state index >= 15 is 0 Å². The minimum absolute atomic E-state index is 0.0393. The Labute approximate surface area is 81.3 Å². The largest absolute Gasteiger partial charge is 0.393 e. The Hall–Kier alpha value is -0.0800. The zero-order valence-electron chi connectivity index (χ0n) is 9.05. The van der Waals surface area contributed by atoms with Crippen LogP contribution in [0, 0.1) is 5.92 Å². The molecule has 0 saturated heterocycles. The van der Waals surface area contributed by atoms with Crippen LogP contribution in [0.1, 0.15) is 46.5 Å². The lowest BCUT2D eigenvalue weighted by atomic mass is 9.88. The first-order valence-electron chi connectivity index (χ1n) is 5.29. The summed E-state index contributed by atoms with van der Waals surface area (Å²) in [7, 11) is 0. The van der Waals surface area contributed by atoms with Crippen molar-refractivity contribution in [1.29, 1.82) is 0 Å². The fourth-order valence-electron chi connectivity index (χ4n) is 1.78. The molecule has 2 atom stereocenters. The number of ether oxygens (including phenoxy) is 1. The lowest BCUT2D eigenvalue weighted by molar-refractivity contribution is -0.0389. The zero-order chi connectivity index (χ0) is 9.90. The van der Waals surface area contributed by atoms with Crippen molar-refractivity contribution in [2.45, 2.75) is 58.2 Å². The molecule has 0 aliphatic heterocycles. The van der Waals surface area contributed by atoms with Gasteiger partial charge in [-0.05, 0) is 46.0 Å². The third-order valence-corrected chi connectivity index (χ3v) is 2.51. The highest BCUT2D eigenvalue weighted by Crippen LogP contribution is 2.25. The molecule has 78 valence electrons. The summed E-state index contributed by atoms with van der Waals surface area (Å²) in [5, 5.41) is 9.45. The SMILES string of the molecule is CC(C)(C)OCC1CCCC(O)C1. The quantitative estimate of drug-likeness (QED) is 0.717. The van der Waals surface area contributed by atoms with Gasteiger partial charge in [0.2, 0.25) is 0 Å². The van der Waals surface area contributed by atoms with Gasteiger partial charge in [-0.1, -0.05) is 6.42 Å². The molecule has 1 N–H and O–H groups in total. The van der Waals surface area contributed by atoms with Gasteiger partial charge >= 0.3 is 0 Å². The average Bonchev–Trinajstić information content (AvgIpc) is 2.00. The fourth-order valence-corrected chi connectivity index (χ4v) is 1.78. The molecule has 1 fully saturated rings. The summed E-state index contributed by atoms with van der Waals surface area (Å²) in [5.41, 5.74) is -0.0393. The monoisotopic (exact) mass is 186 g/mol. The van der Waals surface area contributed by atoms with Gasteiger partial charge in [-0.25, -0.2) is 0 Å². The van der Waals surface area contributed by atoms with Gasteiger partial charge in [0.1, 0.15) is 0 Å². The second-order valence-electron chi connectivity index (χ2n) is 5.11. The van der Waals surface area contributed by atoms with Crippen molar-refractivity contribution in [2.24, 2.45) is 5.92 Å². The van der Waals surface area contributed by atoms with Crippen LogP contribution in [-0.2, 0) is 4.74 Å². The van der Waals surface area contributed by atoms with E-state index in [2.05, 4.69) is 20.8 Å². The summed E-state index contributed by atoms with van der Waals surface area (Å²) in [5.74, 6) is 0.572. The molecule has 1 aliphatic rings. The molecule has 0 radical (unpaired) electrons. The zero-order valence-corrected chi connectivity index (χ0v) is 9.05. The third-order valence-electron chi connectivity index (χ3n) is 2.51. The van der Waals surface area contributed by atoms with Crippen LogP contribution in [-0.4, -0.2) is 23.4 Å². The molecule has 0 amide bonds. The predicted molar refractivity (Wildman–Crippen MR) is 53.7 cm³/mol. The van der Waals surface area contributed by atoms with E-state index in [0.717, 1.165) is 25.9 Å². The van der Waals surface area contributed by atoms with Crippen LogP contribution in [0.4, 0.5) is 0 Å². The molecule has 0 spiro atoms. The van der Waals surface area contributed by atoms with Crippen LogP contribution in [0.15, 0.2) is 0 Å². The van der Waals surface area contributed by atoms with Gasteiger partial charge in [0.25, 0.3) is 0 Å². The molecule has 1 aliphatic carbocycles. The second-order valence-corrected chi connectivity index (χ2v) is 5.11. The highest BCUT2D eigenvalue weighted by molar-refractivity contribution is 4.73. The summed E-state index contributed by atoms with van der Waals surface area (Å²) in [6.07, 6.45) is 4.19. The summed E-state index contributed by atoms with van der Waals surface area (Å²) < 4.78 is 5.71. The number of rotatable bonds is 2. The van der Waals surface area contributed by atoms with E-state index < -0.39 is 0 Å². The molecule has 2 unspecified atom stereocenters. The Morgan fingerprint density at radius 1 is 1.31 bits per heavy atom. The van der Waals surface area contributed by atoms with Crippen molar-refractivity contribution < 1.29 is 9.84 Å². The molecule has 1 saturated carbocycles. The van der Waals surface area contributed by atoms with Crippen LogP contribution in [0.3, 0.4) is 0 Å². The van der Waals surface area contributed by atoms with Crippen molar-refractivity contribution in [3.63, 3.8) is 0 Å². The Morgan fingerprint density at radius 3 is 2.54 bits per heavy atom. The number of aliphatic hydroxyl groups is 1. The molecule has 2 heteroatoms. The van der Waals surface area contributed by atoms with Crippen molar-refractivity contribution in [3.05, 3.63) is 0 Å². The van der Waals surface area contributed by atoms with E-state index in [0.29, 0.717) is 5.92 Å². The van der Waals surface area contributed by atoms with Crippen molar-refractivity contribution >= 4 is 0 Å². The Balaban J connectivity index is 2.21. The molecule has 0 aromatic rings. The van der Waals surface area contributed by atoms with Gasteiger partial charge in [-0.3, -0.25) is 0 Å². The predicted octanol–water partition coefficient (Wildman–Crippen LogP) is 2.35. The Kier molecular flexibility index (Phi) is 3.74. The summed E-state index contributed by atoms with van der Waals surface area (Å²) >= 11 is 0. The molecule has 0 aromatic heterocycles. The van der Waals surface area contributed by atoms with Crippen molar-refractivity contribution in [2.75, 3.05) is 6.61 Å². The first-order valence-corrected chi connectivity index (χ1v) is 5.29. The first-order chi connectivity index (χ1) is 5.97. The van der Waals surface area contributed by atoms with Crippen LogP contribution >= 0.6 is 0 Å². The van der Waals surface area contributed by atoms with Gasteiger partial charge < -0.3 is 9.84 Å². The van der Waals surface area contributed by atoms with E-state index in [1.165, 1.54) is 6.42 Å². The Bertz CT molecular complexity index is 149. The van der Waals surface area contributed by atoms with E-state index in [9.17, 15) is 5.11 Å². The van der Waals surface area contributed by atoms with E-state index in [1.54, 1.807) is 0 Å². The van der Waals surface area contributed by atoms with Crippen LogP contribution in [0.25, 0.3) is 0 Å². The van der Waals surface area contributed by atoms with Crippen LogP contribution in [0.5, 0.6) is 0 Å². The minimum Gasteiger partial charge on any atom is -0.393 e. The summed E-state index contributed by atoms with van der Waals surface area (Å²) in [4.78, 5) is 0. The van der Waals surface area contributed by atoms with Gasteiger partial charge in [-0.15, -0.1) is 0 Å². The molecule has 0 heterocycles. The molecule has 2 nitrogen and oxygen atoms in total. The van der Waals surface area contributed by atoms with Crippen molar-refractivity contribution in [1.82, 2.24) is 0 Å². The number of hydrogen-bond donors (Lipinski definition) is 1. The number of aliphatic hydroxyl groups excluding tert-OH is 1. The average molecular weight is 186 g/mol. The van der Waals surface area contributed by atoms with Gasteiger partial charge in [0.15, 0.2) is 0 Å². The maximum absolute atomic E-state index is 9.45. The van der Waals surface area contributed by atoms with Crippen LogP contribution < -0.4 is 0 Å². The maximum Gasteiger partial charge on any atom is 0.0598 e. The number of hydrogen-bond acceptors (Lipinski definition) is 2. The summed E-state index contributed by atoms with van der Waals surface area (Å²) in [6.45, 7) is 7.03. The molecular weight excluding hydrogens is 164 g/mol. The molecule has 0 aromatic carbocycles. The van der Waals surface area contributed by atoms with E-state index in [1.807, 2.05) is 0 Å². The van der Waals surface area contributed by atoms with Crippen molar-refractivity contribution in [3.8, 4) is 0 Å².